The molecule has 0 aromatic heterocycles. The van der Waals surface area contributed by atoms with Crippen molar-refractivity contribution in [3.8, 4) is 0 Å². The van der Waals surface area contributed by atoms with E-state index in [1.54, 1.807) is 0 Å². The number of carbonyl (C=O) groups is 1. The predicted octanol–water partition coefficient (Wildman–Crippen LogP) is 2.55. The van der Waals surface area contributed by atoms with E-state index in [1.165, 1.54) is 11.1 Å². The van der Waals surface area contributed by atoms with Gasteiger partial charge in [-0.3, -0.25) is 4.79 Å². The van der Waals surface area contributed by atoms with Crippen LogP contribution in [0.5, 0.6) is 0 Å². The molecule has 4 heteroatoms. The van der Waals surface area contributed by atoms with E-state index >= 15 is 0 Å². The number of amides is 1. The lowest BCUT2D eigenvalue weighted by atomic mass is 9.77. The van der Waals surface area contributed by atoms with E-state index in [-0.39, 0.29) is 5.91 Å². The summed E-state index contributed by atoms with van der Waals surface area (Å²) >= 11 is 3.49. The van der Waals surface area contributed by atoms with Crippen molar-refractivity contribution in [3.63, 3.8) is 0 Å². The molecule has 0 spiro atoms. The topological polar surface area (TPSA) is 55.1 Å². The first-order valence-electron chi connectivity index (χ1n) is 6.82. The Morgan fingerprint density at radius 3 is 2.89 bits per heavy atom. The van der Waals surface area contributed by atoms with Crippen molar-refractivity contribution in [2.45, 2.75) is 51.1 Å². The molecular weight excluding hydrogens is 304 g/mol. The van der Waals surface area contributed by atoms with Crippen molar-refractivity contribution in [2.75, 3.05) is 0 Å². The zero-order chi connectivity index (χ0) is 14.0. The van der Waals surface area contributed by atoms with E-state index in [0.717, 1.165) is 23.7 Å². The molecule has 2 atom stereocenters. The largest absolute Gasteiger partial charge is 0.368 e. The van der Waals surface area contributed by atoms with Crippen LogP contribution in [0.3, 0.4) is 0 Å². The Morgan fingerprint density at radius 2 is 2.26 bits per heavy atom. The van der Waals surface area contributed by atoms with Crippen LogP contribution in [0.2, 0.25) is 0 Å². The Hall–Kier alpha value is -0.870. The van der Waals surface area contributed by atoms with Gasteiger partial charge in [-0.15, -0.1) is 0 Å². The number of nitrogens with one attached hydrogen (secondary N) is 1. The van der Waals surface area contributed by atoms with Gasteiger partial charge in [-0.25, -0.2) is 0 Å². The van der Waals surface area contributed by atoms with Crippen molar-refractivity contribution >= 4 is 21.8 Å². The second-order valence-corrected chi connectivity index (χ2v) is 6.41. The average Bonchev–Trinajstić information content (AvgIpc) is 2.38. The molecule has 1 aliphatic rings. The Balaban J connectivity index is 2.29. The maximum atomic E-state index is 12.0. The summed E-state index contributed by atoms with van der Waals surface area (Å²) in [7, 11) is 0. The number of hydrogen-bond donors (Lipinski definition) is 2. The minimum absolute atomic E-state index is 0.235. The molecule has 19 heavy (non-hydrogen) atoms. The molecule has 0 aliphatic heterocycles. The summed E-state index contributed by atoms with van der Waals surface area (Å²) in [5, 5.41) is 3.45. The number of aryl methyl sites for hydroxylation is 1. The van der Waals surface area contributed by atoms with Crippen molar-refractivity contribution in [2.24, 2.45) is 5.73 Å². The first-order valence-corrected chi connectivity index (χ1v) is 7.61. The fourth-order valence-corrected chi connectivity index (χ4v) is 3.15. The monoisotopic (exact) mass is 324 g/mol. The van der Waals surface area contributed by atoms with E-state index in [0.29, 0.717) is 12.5 Å². The molecule has 0 bridgehead atoms. The van der Waals surface area contributed by atoms with Gasteiger partial charge in [-0.2, -0.15) is 0 Å². The van der Waals surface area contributed by atoms with Crippen molar-refractivity contribution in [3.05, 3.63) is 33.8 Å². The average molecular weight is 325 g/mol. The van der Waals surface area contributed by atoms with E-state index < -0.39 is 5.54 Å². The normalized spacial score (nSPS) is 23.7. The maximum Gasteiger partial charge on any atom is 0.238 e. The number of fused-ring (bicyclic) bond motifs is 1. The second-order valence-electron chi connectivity index (χ2n) is 5.49. The van der Waals surface area contributed by atoms with Gasteiger partial charge in [0.25, 0.3) is 0 Å². The summed E-state index contributed by atoms with van der Waals surface area (Å²) in [6.45, 7) is 4.21. The van der Waals surface area contributed by atoms with Crippen LogP contribution < -0.4 is 11.1 Å². The van der Waals surface area contributed by atoms with Crippen molar-refractivity contribution in [1.82, 2.24) is 5.32 Å². The van der Waals surface area contributed by atoms with Gasteiger partial charge in [0, 0.05) is 10.5 Å². The van der Waals surface area contributed by atoms with Crippen LogP contribution in [0.1, 0.15) is 37.8 Å². The van der Waals surface area contributed by atoms with Crippen molar-refractivity contribution < 1.29 is 4.79 Å². The molecule has 1 amide bonds. The molecule has 3 nitrogen and oxygen atoms in total. The van der Waals surface area contributed by atoms with Gasteiger partial charge in [0.15, 0.2) is 0 Å². The molecule has 1 aromatic carbocycles. The molecule has 3 N–H and O–H groups in total. The molecule has 104 valence electrons. The van der Waals surface area contributed by atoms with E-state index in [4.69, 9.17) is 5.73 Å². The molecule has 2 unspecified atom stereocenters. The van der Waals surface area contributed by atoms with Gasteiger partial charge < -0.3 is 11.1 Å². The van der Waals surface area contributed by atoms with Crippen LogP contribution >= 0.6 is 15.9 Å². The highest BCUT2D eigenvalue weighted by Gasteiger charge is 2.40. The SMILES string of the molecule is CCC(C)NC1(C(N)=O)CCc2cc(Br)ccc2C1. The molecule has 0 saturated heterocycles. The zero-order valence-electron chi connectivity index (χ0n) is 11.5. The Bertz CT molecular complexity index is 489. The number of primary amides is 1. The molecule has 0 radical (unpaired) electrons. The number of benzene rings is 1. The van der Waals surface area contributed by atoms with E-state index in [2.05, 4.69) is 47.2 Å². The van der Waals surface area contributed by atoms with Crippen LogP contribution in [0, 0.1) is 0 Å². The third-order valence-electron chi connectivity index (χ3n) is 4.09. The summed E-state index contributed by atoms with van der Waals surface area (Å²) in [5.41, 5.74) is 7.64. The minimum Gasteiger partial charge on any atom is -0.368 e. The van der Waals surface area contributed by atoms with E-state index in [1.807, 2.05) is 6.07 Å². The molecule has 0 fully saturated rings. The fraction of sp³-hybridized carbons (Fsp3) is 0.533. The van der Waals surface area contributed by atoms with Crippen LogP contribution in [0.25, 0.3) is 0 Å². The van der Waals surface area contributed by atoms with Gasteiger partial charge in [0.1, 0.15) is 5.54 Å². The summed E-state index contributed by atoms with van der Waals surface area (Å²) in [5.74, 6) is -0.235. The quantitative estimate of drug-likeness (QED) is 0.894. The molecule has 1 aliphatic carbocycles. The lowest BCUT2D eigenvalue weighted by molar-refractivity contribution is -0.125. The van der Waals surface area contributed by atoms with Crippen LogP contribution in [0.4, 0.5) is 0 Å². The van der Waals surface area contributed by atoms with Crippen LogP contribution in [-0.2, 0) is 17.6 Å². The van der Waals surface area contributed by atoms with Crippen LogP contribution in [0.15, 0.2) is 22.7 Å². The third-order valence-corrected chi connectivity index (χ3v) is 4.58. The minimum atomic E-state index is -0.587. The first-order chi connectivity index (χ1) is 8.97. The highest BCUT2D eigenvalue weighted by molar-refractivity contribution is 9.10. The fourth-order valence-electron chi connectivity index (χ4n) is 2.74. The Kier molecular flexibility index (Phi) is 4.31. The number of rotatable bonds is 4. The third kappa shape index (κ3) is 3.00. The standard InChI is InChI=1S/C15H21BrN2O/c1-3-10(2)18-15(14(17)19)7-6-11-8-13(16)5-4-12(11)9-15/h4-5,8,10,18H,3,6-7,9H2,1-2H3,(H2,17,19). The van der Waals surface area contributed by atoms with Crippen molar-refractivity contribution in [1.29, 1.82) is 0 Å². The number of carbonyl (C=O) groups excluding carboxylic acids is 1. The predicted molar refractivity (Wildman–Crippen MR) is 81.0 cm³/mol. The molecule has 0 saturated carbocycles. The summed E-state index contributed by atoms with van der Waals surface area (Å²) in [6.07, 6.45) is 3.34. The van der Waals surface area contributed by atoms with Gasteiger partial charge in [0.05, 0.1) is 0 Å². The molecule has 0 heterocycles. The molecular formula is C15H21BrN2O. The summed E-state index contributed by atoms with van der Waals surface area (Å²) in [6, 6.07) is 6.56. The lowest BCUT2D eigenvalue weighted by Gasteiger charge is -2.38. The summed E-state index contributed by atoms with van der Waals surface area (Å²) < 4.78 is 1.09. The number of halogens is 1. The number of hydrogen-bond acceptors (Lipinski definition) is 2. The maximum absolute atomic E-state index is 12.0. The van der Waals surface area contributed by atoms with Gasteiger partial charge in [-0.1, -0.05) is 28.9 Å². The first kappa shape index (κ1) is 14.5. The van der Waals surface area contributed by atoms with Gasteiger partial charge in [0.2, 0.25) is 5.91 Å². The Morgan fingerprint density at radius 1 is 1.53 bits per heavy atom. The van der Waals surface area contributed by atoms with Crippen LogP contribution in [-0.4, -0.2) is 17.5 Å². The highest BCUT2D eigenvalue weighted by atomic mass is 79.9. The second kappa shape index (κ2) is 5.63. The molecule has 2 rings (SSSR count). The smallest absolute Gasteiger partial charge is 0.238 e. The lowest BCUT2D eigenvalue weighted by Crippen LogP contribution is -2.60. The zero-order valence-corrected chi connectivity index (χ0v) is 13.1. The van der Waals surface area contributed by atoms with E-state index in [9.17, 15) is 4.79 Å². The van der Waals surface area contributed by atoms with Gasteiger partial charge in [-0.05, 0) is 55.9 Å². The highest BCUT2D eigenvalue weighted by Crippen LogP contribution is 2.31. The summed E-state index contributed by atoms with van der Waals surface area (Å²) in [4.78, 5) is 12.0. The van der Waals surface area contributed by atoms with Gasteiger partial charge >= 0.3 is 0 Å². The Labute approximate surface area is 123 Å². The molecule has 1 aromatic rings. The number of nitrogens with two attached hydrogens (primary N) is 1.